The number of benzene rings is 1. The summed E-state index contributed by atoms with van der Waals surface area (Å²) in [5, 5.41) is 8.71. The molecule has 1 aliphatic heterocycles. The number of hydrogen-bond acceptors (Lipinski definition) is 4. The van der Waals surface area contributed by atoms with Crippen molar-refractivity contribution in [3.8, 4) is 5.75 Å². The lowest BCUT2D eigenvalue weighted by atomic mass is 10.00. The van der Waals surface area contributed by atoms with Gasteiger partial charge < -0.3 is 9.64 Å². The van der Waals surface area contributed by atoms with E-state index in [0.29, 0.717) is 13.0 Å². The molecule has 1 aliphatic rings. The average molecular weight is 388 g/mol. The number of nitrogens with one attached hydrogen (secondary N) is 1. The molecule has 1 atom stereocenters. The highest BCUT2D eigenvalue weighted by Gasteiger charge is 2.38. The third-order valence-electron chi connectivity index (χ3n) is 3.96. The van der Waals surface area contributed by atoms with Gasteiger partial charge in [0.1, 0.15) is 23.4 Å². The smallest absolute Gasteiger partial charge is 0.419 e. The van der Waals surface area contributed by atoms with E-state index in [2.05, 4.69) is 0 Å². The highest BCUT2D eigenvalue weighted by molar-refractivity contribution is 7.80. The predicted molar refractivity (Wildman–Crippen MR) is 93.1 cm³/mol. The summed E-state index contributed by atoms with van der Waals surface area (Å²) in [6, 6.07) is 2.90. The van der Waals surface area contributed by atoms with E-state index in [-0.39, 0.29) is 22.9 Å². The number of carbonyl (C=O) groups excluding carboxylic acids is 1. The Balaban J connectivity index is 2.26. The van der Waals surface area contributed by atoms with E-state index in [1.54, 1.807) is 6.08 Å². The molecular weight excluding hydrogens is 369 g/mol. The number of halogens is 3. The van der Waals surface area contributed by atoms with Crippen molar-refractivity contribution in [2.45, 2.75) is 32.5 Å². The monoisotopic (exact) mass is 388 g/mol. The number of alkyl halides is 3. The Morgan fingerprint density at radius 2 is 2.15 bits per heavy atom. The SMILES string of the molecule is CC(C)=CCOc1ccc(C(=S)N2CCC2C(=O)NO)cc1C(F)(F)F. The number of ether oxygens (including phenoxy) is 1. The van der Waals surface area contributed by atoms with Gasteiger partial charge in [-0.05, 0) is 44.5 Å². The molecule has 1 amide bonds. The van der Waals surface area contributed by atoms with Crippen LogP contribution in [0.4, 0.5) is 13.2 Å². The molecule has 1 unspecified atom stereocenters. The van der Waals surface area contributed by atoms with Gasteiger partial charge in [-0.15, -0.1) is 0 Å². The van der Waals surface area contributed by atoms with E-state index in [1.165, 1.54) is 22.5 Å². The molecular formula is C17H19F3N2O3S. The van der Waals surface area contributed by atoms with Gasteiger partial charge in [-0.3, -0.25) is 10.0 Å². The maximum Gasteiger partial charge on any atom is 0.419 e. The molecule has 1 aromatic carbocycles. The quantitative estimate of drug-likeness (QED) is 0.351. The molecule has 1 saturated heterocycles. The topological polar surface area (TPSA) is 61.8 Å². The Morgan fingerprint density at radius 1 is 1.46 bits per heavy atom. The molecule has 26 heavy (non-hydrogen) atoms. The molecule has 2 N–H and O–H groups in total. The fourth-order valence-corrected chi connectivity index (χ4v) is 2.80. The van der Waals surface area contributed by atoms with Crippen LogP contribution in [0.15, 0.2) is 29.8 Å². The largest absolute Gasteiger partial charge is 0.489 e. The minimum Gasteiger partial charge on any atom is -0.489 e. The Hall–Kier alpha value is -2.13. The van der Waals surface area contributed by atoms with Gasteiger partial charge in [0, 0.05) is 12.1 Å². The van der Waals surface area contributed by atoms with Crippen molar-refractivity contribution < 1.29 is 27.9 Å². The van der Waals surface area contributed by atoms with Crippen LogP contribution in [-0.2, 0) is 11.0 Å². The molecule has 1 heterocycles. The van der Waals surface area contributed by atoms with E-state index >= 15 is 0 Å². The fourth-order valence-electron chi connectivity index (χ4n) is 2.45. The maximum atomic E-state index is 13.4. The summed E-state index contributed by atoms with van der Waals surface area (Å²) in [6.07, 6.45) is -2.47. The highest BCUT2D eigenvalue weighted by Crippen LogP contribution is 2.37. The minimum atomic E-state index is -4.61. The number of carbonyl (C=O) groups is 1. The van der Waals surface area contributed by atoms with Crippen molar-refractivity contribution in [3.63, 3.8) is 0 Å². The van der Waals surface area contributed by atoms with Crippen LogP contribution in [0.5, 0.6) is 5.75 Å². The second-order valence-electron chi connectivity index (χ2n) is 6.08. The van der Waals surface area contributed by atoms with E-state index < -0.39 is 23.7 Å². The number of likely N-dealkylation sites (tertiary alicyclic amines) is 1. The van der Waals surface area contributed by atoms with Crippen LogP contribution < -0.4 is 10.2 Å². The van der Waals surface area contributed by atoms with Gasteiger partial charge >= 0.3 is 6.18 Å². The molecule has 0 spiro atoms. The Labute approximate surface area is 154 Å². The zero-order valence-electron chi connectivity index (χ0n) is 14.3. The molecule has 0 radical (unpaired) electrons. The zero-order valence-corrected chi connectivity index (χ0v) is 15.1. The van der Waals surface area contributed by atoms with Crippen LogP contribution in [0.1, 0.15) is 31.4 Å². The van der Waals surface area contributed by atoms with Crippen LogP contribution in [0, 0.1) is 0 Å². The van der Waals surface area contributed by atoms with Crippen LogP contribution in [0.2, 0.25) is 0 Å². The molecule has 2 rings (SSSR count). The Bertz CT molecular complexity index is 730. The van der Waals surface area contributed by atoms with Crippen molar-refractivity contribution in [1.29, 1.82) is 0 Å². The number of hydrogen-bond donors (Lipinski definition) is 2. The summed E-state index contributed by atoms with van der Waals surface area (Å²) < 4.78 is 45.4. The highest BCUT2D eigenvalue weighted by atomic mass is 32.1. The van der Waals surface area contributed by atoms with Gasteiger partial charge in [0.15, 0.2) is 0 Å². The lowest BCUT2D eigenvalue weighted by molar-refractivity contribution is -0.139. The second kappa shape index (κ2) is 8.05. The molecule has 1 aromatic rings. The summed E-state index contributed by atoms with van der Waals surface area (Å²) in [5.74, 6) is -0.925. The minimum absolute atomic E-state index is 0.0279. The lowest BCUT2D eigenvalue weighted by Gasteiger charge is -2.41. The van der Waals surface area contributed by atoms with E-state index in [9.17, 15) is 18.0 Å². The summed E-state index contributed by atoms with van der Waals surface area (Å²) in [4.78, 5) is 13.1. The lowest BCUT2D eigenvalue weighted by Crippen LogP contribution is -2.57. The fraction of sp³-hybridized carbons (Fsp3) is 0.412. The third kappa shape index (κ3) is 4.53. The normalized spacial score (nSPS) is 16.5. The molecule has 5 nitrogen and oxygen atoms in total. The molecule has 142 valence electrons. The van der Waals surface area contributed by atoms with Crippen LogP contribution in [-0.4, -0.2) is 40.2 Å². The third-order valence-corrected chi connectivity index (χ3v) is 4.43. The van der Waals surface area contributed by atoms with Gasteiger partial charge in [-0.1, -0.05) is 17.8 Å². The molecule has 0 aliphatic carbocycles. The first-order chi connectivity index (χ1) is 12.1. The van der Waals surface area contributed by atoms with Gasteiger partial charge in [0.05, 0.1) is 5.56 Å². The predicted octanol–water partition coefficient (Wildman–Crippen LogP) is 3.31. The van der Waals surface area contributed by atoms with E-state index in [1.807, 2.05) is 13.8 Å². The average Bonchev–Trinajstić information content (AvgIpc) is 2.52. The van der Waals surface area contributed by atoms with E-state index in [4.69, 9.17) is 22.2 Å². The molecule has 0 aromatic heterocycles. The van der Waals surface area contributed by atoms with E-state index in [0.717, 1.165) is 11.6 Å². The number of rotatable bonds is 5. The Kier molecular flexibility index (Phi) is 6.25. The van der Waals surface area contributed by atoms with Gasteiger partial charge in [-0.2, -0.15) is 13.2 Å². The van der Waals surface area contributed by atoms with Gasteiger partial charge in [-0.25, -0.2) is 5.48 Å². The standard InChI is InChI=1S/C17H19F3N2O3S/c1-10(2)6-8-25-14-4-3-11(9-12(14)17(18,19)20)16(26)22-7-5-13(22)15(23)21-24/h3-4,6,9,13,24H,5,7-8H2,1-2H3,(H,21,23). The molecule has 1 fully saturated rings. The summed E-state index contributed by atoms with van der Waals surface area (Å²) in [7, 11) is 0. The second-order valence-corrected chi connectivity index (χ2v) is 6.47. The molecule has 0 bridgehead atoms. The zero-order chi connectivity index (χ0) is 19.5. The van der Waals surface area contributed by atoms with Crippen molar-refractivity contribution in [3.05, 3.63) is 41.0 Å². The van der Waals surface area contributed by atoms with Crippen LogP contribution in [0.3, 0.4) is 0 Å². The van der Waals surface area contributed by atoms with Crippen molar-refractivity contribution >= 4 is 23.1 Å². The first-order valence-electron chi connectivity index (χ1n) is 7.87. The number of hydroxylamine groups is 1. The van der Waals surface area contributed by atoms with Crippen molar-refractivity contribution in [2.24, 2.45) is 0 Å². The molecule has 9 heteroatoms. The first kappa shape index (κ1) is 20.2. The number of amides is 1. The van der Waals surface area contributed by atoms with Gasteiger partial charge in [0.2, 0.25) is 0 Å². The number of allylic oxidation sites excluding steroid dienone is 1. The van der Waals surface area contributed by atoms with Crippen molar-refractivity contribution in [1.82, 2.24) is 10.4 Å². The van der Waals surface area contributed by atoms with Crippen LogP contribution >= 0.6 is 12.2 Å². The van der Waals surface area contributed by atoms with Crippen molar-refractivity contribution in [2.75, 3.05) is 13.2 Å². The first-order valence-corrected chi connectivity index (χ1v) is 8.28. The number of thiocarbonyl (C=S) groups is 1. The van der Waals surface area contributed by atoms with Gasteiger partial charge in [0.25, 0.3) is 5.91 Å². The maximum absolute atomic E-state index is 13.4. The number of nitrogens with zero attached hydrogens (tertiary/aromatic N) is 1. The summed E-state index contributed by atoms with van der Waals surface area (Å²) in [6.45, 7) is 4.10. The summed E-state index contributed by atoms with van der Waals surface area (Å²) >= 11 is 5.23. The Morgan fingerprint density at radius 3 is 2.65 bits per heavy atom. The summed E-state index contributed by atoms with van der Waals surface area (Å²) in [5.41, 5.74) is 1.70. The van der Waals surface area contributed by atoms with Crippen LogP contribution in [0.25, 0.3) is 0 Å². The molecule has 0 saturated carbocycles.